The third-order valence-electron chi connectivity index (χ3n) is 3.87. The van der Waals surface area contributed by atoms with Gasteiger partial charge in [0.05, 0.1) is 6.10 Å². The first-order valence-corrected chi connectivity index (χ1v) is 10.4. The van der Waals surface area contributed by atoms with E-state index in [-0.39, 0.29) is 12.4 Å². The zero-order valence-corrected chi connectivity index (χ0v) is 16.6. The van der Waals surface area contributed by atoms with Crippen LogP contribution in [0.15, 0.2) is 53.3 Å². The fourth-order valence-electron chi connectivity index (χ4n) is 2.39. The molecule has 0 aliphatic rings. The molecule has 1 aromatic carbocycles. The summed E-state index contributed by atoms with van der Waals surface area (Å²) in [5.74, 6) is 1.10. The molecule has 0 spiro atoms. The summed E-state index contributed by atoms with van der Waals surface area (Å²) in [6, 6.07) is 11.1. The van der Waals surface area contributed by atoms with Crippen LogP contribution < -0.4 is 4.74 Å². The maximum atomic E-state index is 11.3. The molecule has 0 saturated carbocycles. The van der Waals surface area contributed by atoms with Gasteiger partial charge in [0.2, 0.25) is 0 Å². The fourth-order valence-corrected chi connectivity index (χ4v) is 3.94. The standard InChI is InChI=1S/C19H21N3O3S2/c1-14(23)15-4-6-17(7-5-15)25-11-16(24)12-27-19-21-20-13-22(19)9-8-18-3-2-10-26-18/h2-7,10,13,16,24H,8-9,11-12H2,1H3. The Kier molecular flexibility index (Phi) is 7.03. The summed E-state index contributed by atoms with van der Waals surface area (Å²) < 4.78 is 7.58. The maximum absolute atomic E-state index is 11.3. The van der Waals surface area contributed by atoms with Crippen LogP contribution >= 0.6 is 23.1 Å². The lowest BCUT2D eigenvalue weighted by Crippen LogP contribution is -2.20. The first-order chi connectivity index (χ1) is 13.1. The van der Waals surface area contributed by atoms with Crippen LogP contribution in [-0.2, 0) is 13.0 Å². The van der Waals surface area contributed by atoms with Gasteiger partial charge in [-0.25, -0.2) is 0 Å². The molecule has 1 unspecified atom stereocenters. The number of carbonyl (C=O) groups excluding carboxylic acids is 1. The van der Waals surface area contributed by atoms with Crippen molar-refractivity contribution < 1.29 is 14.6 Å². The van der Waals surface area contributed by atoms with Crippen LogP contribution in [0.3, 0.4) is 0 Å². The smallest absolute Gasteiger partial charge is 0.191 e. The van der Waals surface area contributed by atoms with Crippen LogP contribution in [0.4, 0.5) is 0 Å². The summed E-state index contributed by atoms with van der Waals surface area (Å²) in [5.41, 5.74) is 0.639. The van der Waals surface area contributed by atoms with Gasteiger partial charge in [-0.3, -0.25) is 4.79 Å². The monoisotopic (exact) mass is 403 g/mol. The van der Waals surface area contributed by atoms with Crippen molar-refractivity contribution in [2.75, 3.05) is 12.4 Å². The summed E-state index contributed by atoms with van der Waals surface area (Å²) >= 11 is 3.20. The number of ether oxygens (including phenoxy) is 1. The highest BCUT2D eigenvalue weighted by molar-refractivity contribution is 7.99. The SMILES string of the molecule is CC(=O)c1ccc(OCC(O)CSc2nncn2CCc2cccs2)cc1. The minimum Gasteiger partial charge on any atom is -0.491 e. The minimum absolute atomic E-state index is 0.0150. The molecular formula is C19H21N3O3S2. The summed E-state index contributed by atoms with van der Waals surface area (Å²) in [6.45, 7) is 2.51. The molecular weight excluding hydrogens is 382 g/mol. The van der Waals surface area contributed by atoms with Gasteiger partial charge in [0.15, 0.2) is 10.9 Å². The van der Waals surface area contributed by atoms with Crippen molar-refractivity contribution in [3.63, 3.8) is 0 Å². The first kappa shape index (κ1) is 19.6. The Morgan fingerprint density at radius 1 is 1.33 bits per heavy atom. The molecule has 0 aliphatic carbocycles. The van der Waals surface area contributed by atoms with E-state index in [0.29, 0.717) is 17.1 Å². The van der Waals surface area contributed by atoms with Gasteiger partial charge in [0.1, 0.15) is 18.7 Å². The summed E-state index contributed by atoms with van der Waals surface area (Å²) in [6.07, 6.45) is 2.02. The lowest BCUT2D eigenvalue weighted by Gasteiger charge is -2.12. The number of rotatable bonds is 10. The molecule has 0 aliphatic heterocycles. The van der Waals surface area contributed by atoms with E-state index in [4.69, 9.17) is 4.74 Å². The molecule has 1 atom stereocenters. The number of nitrogens with zero attached hydrogens (tertiary/aromatic N) is 3. The molecule has 3 aromatic rings. The van der Waals surface area contributed by atoms with Crippen LogP contribution in [-0.4, -0.2) is 44.1 Å². The Bertz CT molecular complexity index is 847. The van der Waals surface area contributed by atoms with E-state index < -0.39 is 6.10 Å². The van der Waals surface area contributed by atoms with Gasteiger partial charge >= 0.3 is 0 Å². The number of ketones is 1. The molecule has 0 bridgehead atoms. The van der Waals surface area contributed by atoms with Crippen molar-refractivity contribution in [1.29, 1.82) is 0 Å². The van der Waals surface area contributed by atoms with Gasteiger partial charge in [0, 0.05) is 22.7 Å². The zero-order chi connectivity index (χ0) is 19.1. The van der Waals surface area contributed by atoms with Crippen LogP contribution in [0, 0.1) is 0 Å². The number of carbonyl (C=O) groups is 1. The topological polar surface area (TPSA) is 77.2 Å². The Hall–Kier alpha value is -2.16. The van der Waals surface area contributed by atoms with Crippen molar-refractivity contribution in [1.82, 2.24) is 14.8 Å². The number of hydrogen-bond donors (Lipinski definition) is 1. The maximum Gasteiger partial charge on any atom is 0.191 e. The van der Waals surface area contributed by atoms with E-state index in [0.717, 1.165) is 18.1 Å². The second-order valence-corrected chi connectivity index (χ2v) is 8.01. The largest absolute Gasteiger partial charge is 0.491 e. The molecule has 3 rings (SSSR count). The lowest BCUT2D eigenvalue weighted by molar-refractivity contribution is 0.101. The Labute approximate surface area is 166 Å². The zero-order valence-electron chi connectivity index (χ0n) is 14.9. The van der Waals surface area contributed by atoms with Crippen molar-refractivity contribution in [3.8, 4) is 5.75 Å². The van der Waals surface area contributed by atoms with Gasteiger partial charge in [-0.15, -0.1) is 21.5 Å². The Morgan fingerprint density at radius 3 is 2.85 bits per heavy atom. The molecule has 2 heterocycles. The third kappa shape index (κ3) is 5.92. The summed E-state index contributed by atoms with van der Waals surface area (Å²) in [7, 11) is 0. The molecule has 1 N–H and O–H groups in total. The first-order valence-electron chi connectivity index (χ1n) is 8.56. The molecule has 142 valence electrons. The second-order valence-electron chi connectivity index (χ2n) is 5.99. The average molecular weight is 404 g/mol. The minimum atomic E-state index is -0.634. The Morgan fingerprint density at radius 2 is 2.15 bits per heavy atom. The molecule has 0 fully saturated rings. The highest BCUT2D eigenvalue weighted by Gasteiger charge is 2.11. The molecule has 6 nitrogen and oxygen atoms in total. The van der Waals surface area contributed by atoms with E-state index in [9.17, 15) is 9.90 Å². The number of aryl methyl sites for hydroxylation is 2. The normalized spacial score (nSPS) is 12.1. The van der Waals surface area contributed by atoms with Gasteiger partial charge in [-0.05, 0) is 49.1 Å². The lowest BCUT2D eigenvalue weighted by atomic mass is 10.1. The Balaban J connectivity index is 1.43. The molecule has 8 heteroatoms. The predicted octanol–water partition coefficient (Wildman–Crippen LogP) is 3.32. The van der Waals surface area contributed by atoms with Crippen LogP contribution in [0.1, 0.15) is 22.2 Å². The predicted molar refractivity (Wildman–Crippen MR) is 107 cm³/mol. The van der Waals surface area contributed by atoms with E-state index >= 15 is 0 Å². The number of thioether (sulfide) groups is 1. The number of hydrogen-bond acceptors (Lipinski definition) is 7. The summed E-state index contributed by atoms with van der Waals surface area (Å²) in [5, 5.41) is 21.1. The molecule has 2 aromatic heterocycles. The van der Waals surface area contributed by atoms with E-state index in [1.807, 2.05) is 10.6 Å². The van der Waals surface area contributed by atoms with Gasteiger partial charge < -0.3 is 14.4 Å². The third-order valence-corrected chi connectivity index (χ3v) is 5.93. The van der Waals surface area contributed by atoms with E-state index in [1.165, 1.54) is 23.6 Å². The molecule has 0 amide bonds. The van der Waals surface area contributed by atoms with E-state index in [1.54, 1.807) is 41.9 Å². The van der Waals surface area contributed by atoms with Crippen molar-refractivity contribution in [3.05, 3.63) is 58.5 Å². The van der Waals surface area contributed by atoms with E-state index in [2.05, 4.69) is 21.6 Å². The highest BCUT2D eigenvalue weighted by atomic mass is 32.2. The number of thiophene rings is 1. The van der Waals surface area contributed by atoms with Crippen LogP contribution in [0.25, 0.3) is 0 Å². The number of Topliss-reactive ketones (excluding diaryl/α,β-unsaturated/α-hetero) is 1. The molecule has 27 heavy (non-hydrogen) atoms. The molecule has 0 saturated heterocycles. The second kappa shape index (κ2) is 9.68. The fraction of sp³-hybridized carbons (Fsp3) is 0.316. The van der Waals surface area contributed by atoms with Crippen molar-refractivity contribution in [2.24, 2.45) is 0 Å². The van der Waals surface area contributed by atoms with Gasteiger partial charge in [0.25, 0.3) is 0 Å². The van der Waals surface area contributed by atoms with Crippen LogP contribution in [0.5, 0.6) is 5.75 Å². The number of aliphatic hydroxyl groups is 1. The highest BCUT2D eigenvalue weighted by Crippen LogP contribution is 2.19. The molecule has 0 radical (unpaired) electrons. The summed E-state index contributed by atoms with van der Waals surface area (Å²) in [4.78, 5) is 12.6. The average Bonchev–Trinajstić information content (AvgIpc) is 3.34. The van der Waals surface area contributed by atoms with Crippen molar-refractivity contribution in [2.45, 2.75) is 31.1 Å². The van der Waals surface area contributed by atoms with Crippen molar-refractivity contribution >= 4 is 28.9 Å². The van der Waals surface area contributed by atoms with Crippen LogP contribution in [0.2, 0.25) is 0 Å². The quantitative estimate of drug-likeness (QED) is 0.413. The van der Waals surface area contributed by atoms with Gasteiger partial charge in [-0.1, -0.05) is 17.8 Å². The number of benzene rings is 1. The number of aromatic nitrogens is 3. The number of aliphatic hydroxyl groups excluding tert-OH is 1. The van der Waals surface area contributed by atoms with Gasteiger partial charge in [-0.2, -0.15) is 0 Å².